The van der Waals surface area contributed by atoms with Crippen LogP contribution in [0.3, 0.4) is 0 Å². The van der Waals surface area contributed by atoms with E-state index in [0.29, 0.717) is 31.4 Å². The molecule has 4 atom stereocenters. The Bertz CT molecular complexity index is 1650. The number of aromatic hydroxyl groups is 2. The number of aliphatic carboxylic acids is 1. The number of carbonyl (C=O) groups excluding carboxylic acids is 3. The van der Waals surface area contributed by atoms with Crippen LogP contribution < -0.4 is 21.1 Å². The van der Waals surface area contributed by atoms with Crippen LogP contribution >= 0.6 is 0 Å². The van der Waals surface area contributed by atoms with Crippen molar-refractivity contribution in [1.29, 1.82) is 0 Å². The molecule has 1 aliphatic heterocycles. The van der Waals surface area contributed by atoms with E-state index in [1.807, 2.05) is 0 Å². The Hall–Kier alpha value is -4.21. The van der Waals surface area contributed by atoms with Gasteiger partial charge in [0.15, 0.2) is 0 Å². The number of carboxylic acid groups (broad SMARTS) is 1. The van der Waals surface area contributed by atoms with Crippen molar-refractivity contribution in [2.24, 2.45) is 5.73 Å². The van der Waals surface area contributed by atoms with E-state index < -0.39 is 57.9 Å². The van der Waals surface area contributed by atoms with Crippen molar-refractivity contribution in [3.8, 4) is 22.6 Å². The van der Waals surface area contributed by atoms with Gasteiger partial charge in [0.05, 0.1) is 5.75 Å². The fourth-order valence-electron chi connectivity index (χ4n) is 6.31. The maximum Gasteiger partial charge on any atom is 0.326 e. The summed E-state index contributed by atoms with van der Waals surface area (Å²) in [5.41, 5.74) is 6.54. The van der Waals surface area contributed by atoms with Gasteiger partial charge in [-0.2, -0.15) is 0 Å². The van der Waals surface area contributed by atoms with E-state index in [9.17, 15) is 42.9 Å². The molecule has 52 heavy (non-hydrogen) atoms. The van der Waals surface area contributed by atoms with Crippen LogP contribution in [0.2, 0.25) is 0 Å². The third kappa shape index (κ3) is 12.2. The third-order valence-electron chi connectivity index (χ3n) is 9.31. The first-order valence-corrected chi connectivity index (χ1v) is 19.8. The number of amides is 3. The van der Waals surface area contributed by atoms with Crippen molar-refractivity contribution in [2.45, 2.75) is 115 Å². The summed E-state index contributed by atoms with van der Waals surface area (Å²) in [6.45, 7) is 3.85. The molecule has 0 saturated carbocycles. The molecule has 2 aromatic rings. The summed E-state index contributed by atoms with van der Waals surface area (Å²) in [6, 6.07) is 3.13. The van der Waals surface area contributed by atoms with E-state index in [-0.39, 0.29) is 46.8 Å². The summed E-state index contributed by atoms with van der Waals surface area (Å²) in [6.07, 6.45) is 8.64. The molecule has 15 heteroatoms. The lowest BCUT2D eigenvalue weighted by Gasteiger charge is -2.32. The topological polar surface area (TPSA) is 228 Å². The summed E-state index contributed by atoms with van der Waals surface area (Å²) >= 11 is 0. The molecule has 4 bridgehead atoms. The number of hydrogen-bond donors (Lipinski definition) is 7. The zero-order valence-corrected chi connectivity index (χ0v) is 31.2. The van der Waals surface area contributed by atoms with Gasteiger partial charge in [-0.15, -0.1) is 0 Å². The Morgan fingerprint density at radius 3 is 2.15 bits per heavy atom. The summed E-state index contributed by atoms with van der Waals surface area (Å²) in [5.74, 6) is -4.31. The largest absolute Gasteiger partial charge is 0.507 e. The summed E-state index contributed by atoms with van der Waals surface area (Å²) in [7, 11) is -2.55. The molecule has 8 N–H and O–H groups in total. The zero-order chi connectivity index (χ0) is 38.4. The minimum Gasteiger partial charge on any atom is -0.507 e. The maximum atomic E-state index is 14.2. The summed E-state index contributed by atoms with van der Waals surface area (Å²) < 4.78 is 29.1. The van der Waals surface area contributed by atoms with Crippen molar-refractivity contribution < 1.29 is 42.9 Å². The Labute approximate surface area is 306 Å². The molecular formula is C37H55N5O9S. The second-order valence-corrected chi connectivity index (χ2v) is 15.4. The van der Waals surface area contributed by atoms with Crippen molar-refractivity contribution in [2.75, 3.05) is 19.3 Å². The third-order valence-corrected chi connectivity index (χ3v) is 10.8. The highest BCUT2D eigenvalue weighted by molar-refractivity contribution is 7.89. The lowest BCUT2D eigenvalue weighted by Crippen LogP contribution is -2.54. The van der Waals surface area contributed by atoms with Crippen LogP contribution in [0.15, 0.2) is 36.4 Å². The highest BCUT2D eigenvalue weighted by Crippen LogP contribution is 2.39. The number of phenols is 2. The average Bonchev–Trinajstić information content (AvgIpc) is 3.09. The average molecular weight is 746 g/mol. The van der Waals surface area contributed by atoms with E-state index in [1.54, 1.807) is 0 Å². The van der Waals surface area contributed by atoms with Crippen LogP contribution in [0.1, 0.15) is 102 Å². The van der Waals surface area contributed by atoms with Crippen LogP contribution in [0.25, 0.3) is 11.1 Å². The fraction of sp³-hybridized carbons (Fsp3) is 0.568. The van der Waals surface area contributed by atoms with Gasteiger partial charge in [-0.05, 0) is 68.1 Å². The van der Waals surface area contributed by atoms with E-state index in [0.717, 1.165) is 43.4 Å². The number of likely N-dealkylation sites (N-methyl/N-ethyl adjacent to an activating group) is 1. The summed E-state index contributed by atoms with van der Waals surface area (Å²) in [5, 5.41) is 36.5. The van der Waals surface area contributed by atoms with Crippen molar-refractivity contribution in [3.63, 3.8) is 0 Å². The minimum absolute atomic E-state index is 0.0991. The molecule has 0 unspecified atom stereocenters. The van der Waals surface area contributed by atoms with Crippen LogP contribution in [-0.4, -0.2) is 89.8 Å². The Balaban J connectivity index is 1.98. The van der Waals surface area contributed by atoms with Gasteiger partial charge in [-0.25, -0.2) is 17.9 Å². The molecule has 3 rings (SSSR count). The number of sulfonamides is 1. The molecule has 0 saturated heterocycles. The Morgan fingerprint density at radius 2 is 1.52 bits per heavy atom. The molecule has 1 aliphatic rings. The molecular weight excluding hydrogens is 690 g/mol. The lowest BCUT2D eigenvalue weighted by molar-refractivity contribution is -0.143. The van der Waals surface area contributed by atoms with Gasteiger partial charge in [0.25, 0.3) is 0 Å². The van der Waals surface area contributed by atoms with Crippen LogP contribution in [0, 0.1) is 0 Å². The number of carboxylic acids is 1. The molecule has 0 aromatic heterocycles. The van der Waals surface area contributed by atoms with E-state index in [2.05, 4.69) is 22.3 Å². The van der Waals surface area contributed by atoms with E-state index in [1.165, 1.54) is 56.8 Å². The van der Waals surface area contributed by atoms with Crippen LogP contribution in [0.4, 0.5) is 0 Å². The fourth-order valence-corrected chi connectivity index (χ4v) is 7.66. The maximum absolute atomic E-state index is 14.2. The first-order valence-electron chi connectivity index (χ1n) is 18.1. The molecule has 14 nitrogen and oxygen atoms in total. The normalized spacial score (nSPS) is 18.5. The van der Waals surface area contributed by atoms with Gasteiger partial charge >= 0.3 is 5.97 Å². The number of unbranched alkanes of at least 4 members (excludes halogenated alkanes) is 8. The number of benzene rings is 2. The van der Waals surface area contributed by atoms with Gasteiger partial charge < -0.3 is 36.6 Å². The smallest absolute Gasteiger partial charge is 0.326 e. The molecule has 2 aromatic carbocycles. The first-order chi connectivity index (χ1) is 24.7. The molecule has 0 aliphatic carbocycles. The first kappa shape index (κ1) is 42.2. The van der Waals surface area contributed by atoms with Gasteiger partial charge in [-0.1, -0.05) is 70.4 Å². The molecule has 288 valence electrons. The number of nitrogens with zero attached hydrogens (tertiary/aromatic N) is 1. The van der Waals surface area contributed by atoms with E-state index >= 15 is 0 Å². The van der Waals surface area contributed by atoms with Gasteiger partial charge in [0.1, 0.15) is 35.7 Å². The Kier molecular flexibility index (Phi) is 16.3. The second kappa shape index (κ2) is 20.1. The van der Waals surface area contributed by atoms with Gasteiger partial charge in [0, 0.05) is 24.6 Å². The standard InChI is InChI=1S/C37H55N5O9S/c1-4-5-6-7-8-9-10-13-20-52(50,51)41-29(14-11-12-19-38)36(47)42(3)33-26-16-18-32(44)28(23-26)27-21-25(15-17-31(27)43)22-30(37(48)49)40-34(45)24(2)39-35(33)46/h15-18,21,23-24,29-30,33,41,43-44H,4-14,19-20,22,38H2,1-3H3,(H,39,46)(H,40,45)(H,48,49)/t24-,29-,30-,33-/m0/s1. The van der Waals surface area contributed by atoms with Crippen LogP contribution in [-0.2, 0) is 35.6 Å². The highest BCUT2D eigenvalue weighted by atomic mass is 32.2. The molecule has 1 heterocycles. The molecule has 0 fully saturated rings. The SMILES string of the molecule is CCCCCCCCCCS(=O)(=O)N[C@@H](CCCCN)C(=O)N(C)[C@@H]1C(=O)N[C@@H](C)C(=O)N[C@H](C(=O)O)Cc2ccc(O)c(c2)-c2cc1ccc2O. The van der Waals surface area contributed by atoms with Crippen molar-refractivity contribution >= 4 is 33.7 Å². The number of rotatable bonds is 18. The lowest BCUT2D eigenvalue weighted by atomic mass is 9.93. The number of nitrogens with two attached hydrogens (primary N) is 1. The zero-order valence-electron chi connectivity index (χ0n) is 30.4. The number of carbonyl (C=O) groups is 4. The van der Waals surface area contributed by atoms with Crippen LogP contribution in [0.5, 0.6) is 11.5 Å². The predicted octanol–water partition coefficient (Wildman–Crippen LogP) is 3.45. The number of nitrogens with one attached hydrogen (secondary N) is 3. The Morgan fingerprint density at radius 1 is 0.904 bits per heavy atom. The number of hydrogen-bond acceptors (Lipinski definition) is 9. The number of fused-ring (bicyclic) bond motifs is 5. The van der Waals surface area contributed by atoms with Crippen molar-refractivity contribution in [1.82, 2.24) is 20.3 Å². The predicted molar refractivity (Wildman–Crippen MR) is 198 cm³/mol. The van der Waals surface area contributed by atoms with E-state index in [4.69, 9.17) is 5.73 Å². The monoisotopic (exact) mass is 745 g/mol. The quantitative estimate of drug-likeness (QED) is 0.110. The van der Waals surface area contributed by atoms with Crippen molar-refractivity contribution in [3.05, 3.63) is 47.5 Å². The highest BCUT2D eigenvalue weighted by Gasteiger charge is 2.36. The van der Waals surface area contributed by atoms with Gasteiger partial charge in [-0.3, -0.25) is 14.4 Å². The minimum atomic E-state index is -3.90. The molecule has 0 radical (unpaired) electrons. The summed E-state index contributed by atoms with van der Waals surface area (Å²) in [4.78, 5) is 54.5. The number of phenolic OH excluding ortho intramolecular Hbond substituents is 2. The molecule has 3 amide bonds. The second-order valence-electron chi connectivity index (χ2n) is 13.6. The van der Waals surface area contributed by atoms with Gasteiger partial charge in [0.2, 0.25) is 27.7 Å². The molecule has 0 spiro atoms.